The van der Waals surface area contributed by atoms with Gasteiger partial charge in [0.1, 0.15) is 4.84 Å². The molecule has 54 valence electrons. The van der Waals surface area contributed by atoms with Gasteiger partial charge in [0.2, 0.25) is 5.91 Å². The quantitative estimate of drug-likeness (QED) is 0.637. The van der Waals surface area contributed by atoms with Crippen molar-refractivity contribution in [1.29, 1.82) is 0 Å². The van der Waals surface area contributed by atoms with Crippen molar-refractivity contribution < 1.29 is 4.79 Å². The minimum Gasteiger partial charge on any atom is -0.369 e. The zero-order valence-electron chi connectivity index (χ0n) is 5.10. The Hall–Kier alpha value is 0.0500. The molecule has 0 spiro atoms. The molecule has 0 saturated carbocycles. The van der Waals surface area contributed by atoms with Crippen molar-refractivity contribution >= 4 is 29.1 Å². The van der Waals surface area contributed by atoms with Gasteiger partial charge in [-0.2, -0.15) is 0 Å². The summed E-state index contributed by atoms with van der Waals surface area (Å²) in [7, 11) is 0. The van der Waals surface area contributed by atoms with Crippen LogP contribution in [0.25, 0.3) is 0 Å². The third-order valence-electron chi connectivity index (χ3n) is 1.11. The highest BCUT2D eigenvalue weighted by Crippen LogP contribution is 2.17. The number of hydrogen-bond acceptors (Lipinski definition) is 1. The number of hydrogen-bond donors (Lipinski definition) is 1. The van der Waals surface area contributed by atoms with Gasteiger partial charge < -0.3 is 5.73 Å². The minimum atomic E-state index is -0.674. The van der Waals surface area contributed by atoms with Crippen LogP contribution in [0.15, 0.2) is 0 Å². The van der Waals surface area contributed by atoms with Gasteiger partial charge in [-0.15, -0.1) is 23.2 Å². The van der Waals surface area contributed by atoms with Crippen molar-refractivity contribution in [1.82, 2.24) is 0 Å². The van der Waals surface area contributed by atoms with Crippen LogP contribution in [0, 0.1) is 5.92 Å². The standard InChI is InChI=1S/C5H9Cl2NO/c1-2-3(4(6)7)5(8)9/h3-4H,2H2,1H3,(H2,8,9). The first kappa shape index (κ1) is 9.05. The van der Waals surface area contributed by atoms with E-state index in [0.717, 1.165) is 0 Å². The molecule has 0 rings (SSSR count). The Morgan fingerprint density at radius 1 is 1.67 bits per heavy atom. The topological polar surface area (TPSA) is 43.1 Å². The summed E-state index contributed by atoms with van der Waals surface area (Å²) >= 11 is 10.8. The Bertz CT molecular complexity index is 105. The smallest absolute Gasteiger partial charge is 0.223 e. The van der Waals surface area contributed by atoms with Gasteiger partial charge in [0.15, 0.2) is 0 Å². The maximum atomic E-state index is 10.4. The van der Waals surface area contributed by atoms with E-state index < -0.39 is 16.7 Å². The van der Waals surface area contributed by atoms with Crippen molar-refractivity contribution in [3.05, 3.63) is 0 Å². The molecule has 0 aliphatic heterocycles. The number of alkyl halides is 2. The van der Waals surface area contributed by atoms with Gasteiger partial charge in [0.05, 0.1) is 5.92 Å². The molecule has 0 aliphatic carbocycles. The molecule has 0 aromatic heterocycles. The molecule has 0 bridgehead atoms. The molecule has 1 atom stereocenters. The summed E-state index contributed by atoms with van der Waals surface area (Å²) in [6.07, 6.45) is 0.590. The number of nitrogens with two attached hydrogens (primary N) is 1. The van der Waals surface area contributed by atoms with Crippen molar-refractivity contribution in [2.45, 2.75) is 18.2 Å². The number of halogens is 2. The SMILES string of the molecule is CCC(C(N)=O)C(Cl)Cl. The van der Waals surface area contributed by atoms with E-state index in [0.29, 0.717) is 6.42 Å². The van der Waals surface area contributed by atoms with E-state index in [1.807, 2.05) is 6.92 Å². The summed E-state index contributed by atoms with van der Waals surface area (Å²) in [6, 6.07) is 0. The predicted octanol–water partition coefficient (Wildman–Crippen LogP) is 1.30. The minimum absolute atomic E-state index is 0.409. The number of primary amides is 1. The Kier molecular flexibility index (Phi) is 3.98. The summed E-state index contributed by atoms with van der Waals surface area (Å²) < 4.78 is 0. The summed E-state index contributed by atoms with van der Waals surface area (Å²) in [5, 5.41) is 0. The Labute approximate surface area is 64.3 Å². The van der Waals surface area contributed by atoms with Crippen molar-refractivity contribution in [2.24, 2.45) is 11.7 Å². The van der Waals surface area contributed by atoms with E-state index >= 15 is 0 Å². The molecule has 0 aliphatic rings. The highest BCUT2D eigenvalue weighted by molar-refractivity contribution is 6.45. The van der Waals surface area contributed by atoms with Crippen molar-refractivity contribution in [3.8, 4) is 0 Å². The van der Waals surface area contributed by atoms with Crippen LogP contribution in [0.2, 0.25) is 0 Å². The molecule has 9 heavy (non-hydrogen) atoms. The molecule has 2 nitrogen and oxygen atoms in total. The second-order valence-corrected chi connectivity index (χ2v) is 2.92. The lowest BCUT2D eigenvalue weighted by Gasteiger charge is -2.09. The average molecular weight is 170 g/mol. The normalized spacial score (nSPS) is 13.8. The lowest BCUT2D eigenvalue weighted by atomic mass is 10.1. The van der Waals surface area contributed by atoms with Gasteiger partial charge in [-0.1, -0.05) is 6.92 Å². The number of carbonyl (C=O) groups is 1. The fourth-order valence-corrected chi connectivity index (χ4v) is 1.11. The van der Waals surface area contributed by atoms with E-state index in [4.69, 9.17) is 28.9 Å². The monoisotopic (exact) mass is 169 g/mol. The molecule has 0 heterocycles. The first-order valence-electron chi connectivity index (χ1n) is 2.67. The van der Waals surface area contributed by atoms with E-state index in [2.05, 4.69) is 0 Å². The first-order valence-corrected chi connectivity index (χ1v) is 3.54. The summed E-state index contributed by atoms with van der Waals surface area (Å²) in [6.45, 7) is 1.81. The summed E-state index contributed by atoms with van der Waals surface area (Å²) in [4.78, 5) is 9.75. The fourth-order valence-electron chi connectivity index (χ4n) is 0.504. The molecule has 2 N–H and O–H groups in total. The molecule has 4 heteroatoms. The highest BCUT2D eigenvalue weighted by atomic mass is 35.5. The van der Waals surface area contributed by atoms with Gasteiger partial charge in [-0.3, -0.25) is 4.79 Å². The molecule has 0 saturated heterocycles. The molecule has 0 aromatic rings. The Morgan fingerprint density at radius 2 is 2.11 bits per heavy atom. The predicted molar refractivity (Wildman–Crippen MR) is 38.5 cm³/mol. The summed E-state index contributed by atoms with van der Waals surface area (Å²) in [5.41, 5.74) is 4.94. The summed E-state index contributed by atoms with van der Waals surface area (Å²) in [5.74, 6) is -0.846. The number of amides is 1. The zero-order valence-corrected chi connectivity index (χ0v) is 6.62. The maximum Gasteiger partial charge on any atom is 0.223 e. The van der Waals surface area contributed by atoms with E-state index in [1.165, 1.54) is 0 Å². The Balaban J connectivity index is 3.83. The lowest BCUT2D eigenvalue weighted by Crippen LogP contribution is -2.27. The second kappa shape index (κ2) is 3.96. The first-order chi connectivity index (χ1) is 4.09. The zero-order chi connectivity index (χ0) is 7.44. The molecular formula is C5H9Cl2NO. The van der Waals surface area contributed by atoms with Crippen LogP contribution in [0.1, 0.15) is 13.3 Å². The van der Waals surface area contributed by atoms with Gasteiger partial charge in [0.25, 0.3) is 0 Å². The van der Waals surface area contributed by atoms with Crippen LogP contribution >= 0.6 is 23.2 Å². The van der Waals surface area contributed by atoms with Gasteiger partial charge in [-0.25, -0.2) is 0 Å². The van der Waals surface area contributed by atoms with Crippen molar-refractivity contribution in [2.75, 3.05) is 0 Å². The van der Waals surface area contributed by atoms with Crippen molar-refractivity contribution in [3.63, 3.8) is 0 Å². The van der Waals surface area contributed by atoms with E-state index in [1.54, 1.807) is 0 Å². The van der Waals surface area contributed by atoms with E-state index in [-0.39, 0.29) is 0 Å². The molecule has 1 amide bonds. The third kappa shape index (κ3) is 2.92. The van der Waals surface area contributed by atoms with Gasteiger partial charge >= 0.3 is 0 Å². The van der Waals surface area contributed by atoms with Crippen LogP contribution in [0.3, 0.4) is 0 Å². The number of carbonyl (C=O) groups excluding carboxylic acids is 1. The van der Waals surface area contributed by atoms with Crippen LogP contribution < -0.4 is 5.73 Å². The van der Waals surface area contributed by atoms with Gasteiger partial charge in [-0.05, 0) is 6.42 Å². The van der Waals surface area contributed by atoms with E-state index in [9.17, 15) is 4.79 Å². The third-order valence-corrected chi connectivity index (χ3v) is 1.72. The fraction of sp³-hybridized carbons (Fsp3) is 0.800. The average Bonchev–Trinajstić information content (AvgIpc) is 1.64. The maximum absolute atomic E-state index is 10.4. The van der Waals surface area contributed by atoms with Crippen LogP contribution in [-0.4, -0.2) is 10.7 Å². The highest BCUT2D eigenvalue weighted by Gasteiger charge is 2.19. The second-order valence-electron chi connectivity index (χ2n) is 1.75. The molecule has 0 radical (unpaired) electrons. The van der Waals surface area contributed by atoms with Crippen LogP contribution in [0.4, 0.5) is 0 Å². The van der Waals surface area contributed by atoms with Crippen LogP contribution in [-0.2, 0) is 4.79 Å². The van der Waals surface area contributed by atoms with Gasteiger partial charge in [0, 0.05) is 0 Å². The molecular weight excluding hydrogens is 161 g/mol. The van der Waals surface area contributed by atoms with Crippen LogP contribution in [0.5, 0.6) is 0 Å². The molecule has 1 unspecified atom stereocenters. The largest absolute Gasteiger partial charge is 0.369 e. The number of rotatable bonds is 3. The Morgan fingerprint density at radius 3 is 2.11 bits per heavy atom. The lowest BCUT2D eigenvalue weighted by molar-refractivity contribution is -0.121. The molecule has 0 fully saturated rings. The molecule has 0 aromatic carbocycles.